The fraction of sp³-hybridized carbons (Fsp3) is 0.524. The van der Waals surface area contributed by atoms with E-state index in [9.17, 15) is 4.79 Å². The molecule has 2 aromatic heterocycles. The van der Waals surface area contributed by atoms with E-state index in [1.807, 2.05) is 29.3 Å². The van der Waals surface area contributed by atoms with E-state index in [1.165, 1.54) is 0 Å². The molecule has 6 heteroatoms. The van der Waals surface area contributed by atoms with Crippen LogP contribution >= 0.6 is 0 Å². The van der Waals surface area contributed by atoms with Crippen molar-refractivity contribution >= 4 is 11.9 Å². The third kappa shape index (κ3) is 4.10. The first kappa shape index (κ1) is 17.9. The van der Waals surface area contributed by atoms with Gasteiger partial charge in [0.1, 0.15) is 0 Å². The Morgan fingerprint density at radius 3 is 2.56 bits per heavy atom. The van der Waals surface area contributed by atoms with Gasteiger partial charge in [0.25, 0.3) is 0 Å². The molecular weight excluding hydrogens is 338 g/mol. The molecule has 1 N–H and O–H groups in total. The smallest absolute Gasteiger partial charge is 0.225 e. The first-order valence-corrected chi connectivity index (χ1v) is 9.95. The molecule has 0 unspecified atom stereocenters. The molecule has 0 atom stereocenters. The summed E-state index contributed by atoms with van der Waals surface area (Å²) in [5, 5.41) is 3.31. The van der Waals surface area contributed by atoms with Crippen LogP contribution in [-0.2, 0) is 4.79 Å². The predicted octanol–water partition coefficient (Wildman–Crippen LogP) is 3.47. The molecule has 2 aliphatic rings. The summed E-state index contributed by atoms with van der Waals surface area (Å²) < 4.78 is 0. The van der Waals surface area contributed by atoms with Crippen molar-refractivity contribution in [2.75, 3.05) is 18.4 Å². The zero-order valence-corrected chi connectivity index (χ0v) is 16.1. The maximum atomic E-state index is 12.3. The van der Waals surface area contributed by atoms with E-state index in [1.54, 1.807) is 6.20 Å². The summed E-state index contributed by atoms with van der Waals surface area (Å²) in [6, 6.07) is 6.18. The minimum atomic E-state index is 0.275. The van der Waals surface area contributed by atoms with E-state index in [4.69, 9.17) is 4.98 Å². The second-order valence-corrected chi connectivity index (χ2v) is 7.88. The molecule has 0 aromatic carbocycles. The van der Waals surface area contributed by atoms with Crippen LogP contribution < -0.4 is 5.32 Å². The number of hydrogen-bond donors (Lipinski definition) is 1. The van der Waals surface area contributed by atoms with Gasteiger partial charge in [-0.1, -0.05) is 6.07 Å². The number of carbonyl (C=O) groups is 1. The molecule has 1 aliphatic heterocycles. The summed E-state index contributed by atoms with van der Waals surface area (Å²) in [6.07, 6.45) is 7.71. The molecule has 142 valence electrons. The van der Waals surface area contributed by atoms with Gasteiger partial charge >= 0.3 is 0 Å². The highest BCUT2D eigenvalue weighted by Crippen LogP contribution is 2.36. The van der Waals surface area contributed by atoms with E-state index < -0.39 is 0 Å². The first-order chi connectivity index (χ1) is 13.1. The molecule has 2 aromatic rings. The largest absolute Gasteiger partial charge is 0.352 e. The van der Waals surface area contributed by atoms with E-state index in [0.717, 1.165) is 55.7 Å². The van der Waals surface area contributed by atoms with Crippen molar-refractivity contribution in [3.63, 3.8) is 0 Å². The Kier molecular flexibility index (Phi) is 5.05. The normalized spacial score (nSPS) is 18.0. The standard InChI is InChI=1S/C21H27N5O/c1-14(2)24-21-23-13-17(18-5-3-4-10-22-18)19(25-21)15-8-11-26(12-9-15)20(27)16-6-7-16/h3-5,10,13-16H,6-9,11-12H2,1-2H3,(H,23,24,25). The van der Waals surface area contributed by atoms with Crippen LogP contribution in [0.3, 0.4) is 0 Å². The SMILES string of the molecule is CC(C)Nc1ncc(-c2ccccn2)c(C2CCN(C(=O)C3CC3)CC2)n1. The van der Waals surface area contributed by atoms with Crippen molar-refractivity contribution in [3.05, 3.63) is 36.3 Å². The van der Waals surface area contributed by atoms with E-state index in [-0.39, 0.29) is 6.04 Å². The highest BCUT2D eigenvalue weighted by atomic mass is 16.2. The summed E-state index contributed by atoms with van der Waals surface area (Å²) in [5.41, 5.74) is 2.95. The van der Waals surface area contributed by atoms with Gasteiger partial charge in [0.15, 0.2) is 0 Å². The number of likely N-dealkylation sites (tertiary alicyclic amines) is 1. The van der Waals surface area contributed by atoms with Gasteiger partial charge in [0, 0.05) is 48.9 Å². The number of nitrogens with zero attached hydrogens (tertiary/aromatic N) is 4. The number of nitrogens with one attached hydrogen (secondary N) is 1. The van der Waals surface area contributed by atoms with Crippen molar-refractivity contribution in [1.82, 2.24) is 19.9 Å². The second kappa shape index (κ2) is 7.62. The molecule has 2 fully saturated rings. The molecule has 1 amide bonds. The number of rotatable bonds is 5. The highest BCUT2D eigenvalue weighted by Gasteiger charge is 2.35. The molecule has 3 heterocycles. The van der Waals surface area contributed by atoms with Gasteiger partial charge < -0.3 is 10.2 Å². The monoisotopic (exact) mass is 365 g/mol. The minimum Gasteiger partial charge on any atom is -0.352 e. The van der Waals surface area contributed by atoms with Gasteiger partial charge in [-0.3, -0.25) is 9.78 Å². The third-order valence-corrected chi connectivity index (χ3v) is 5.30. The molecule has 0 radical (unpaired) electrons. The molecule has 27 heavy (non-hydrogen) atoms. The van der Waals surface area contributed by atoms with Gasteiger partial charge in [-0.05, 0) is 51.7 Å². The number of aromatic nitrogens is 3. The Balaban J connectivity index is 1.58. The molecule has 0 spiro atoms. The van der Waals surface area contributed by atoms with Crippen molar-refractivity contribution in [1.29, 1.82) is 0 Å². The lowest BCUT2D eigenvalue weighted by Gasteiger charge is -2.32. The maximum Gasteiger partial charge on any atom is 0.225 e. The number of piperidine rings is 1. The summed E-state index contributed by atoms with van der Waals surface area (Å²) in [5.74, 6) is 1.63. The van der Waals surface area contributed by atoms with Crippen LogP contribution in [0.15, 0.2) is 30.6 Å². The molecule has 1 saturated carbocycles. The van der Waals surface area contributed by atoms with Gasteiger partial charge in [-0.15, -0.1) is 0 Å². The van der Waals surface area contributed by atoms with E-state index >= 15 is 0 Å². The first-order valence-electron chi connectivity index (χ1n) is 9.95. The van der Waals surface area contributed by atoms with Gasteiger partial charge in [0.05, 0.1) is 11.4 Å². The summed E-state index contributed by atoms with van der Waals surface area (Å²) >= 11 is 0. The lowest BCUT2D eigenvalue weighted by atomic mass is 9.89. The fourth-order valence-electron chi connectivity index (χ4n) is 3.72. The predicted molar refractivity (Wildman–Crippen MR) is 105 cm³/mol. The zero-order valence-electron chi connectivity index (χ0n) is 16.1. The number of anilines is 1. The number of hydrogen-bond acceptors (Lipinski definition) is 5. The van der Waals surface area contributed by atoms with Crippen LogP contribution in [0, 0.1) is 5.92 Å². The van der Waals surface area contributed by atoms with Crippen LogP contribution in [0.1, 0.15) is 51.1 Å². The van der Waals surface area contributed by atoms with Crippen LogP contribution in [-0.4, -0.2) is 44.9 Å². The number of amides is 1. The molecular formula is C21H27N5O. The van der Waals surface area contributed by atoms with Crippen LogP contribution in [0.25, 0.3) is 11.3 Å². The topological polar surface area (TPSA) is 71.0 Å². The maximum absolute atomic E-state index is 12.3. The molecule has 1 saturated heterocycles. The lowest BCUT2D eigenvalue weighted by molar-refractivity contribution is -0.133. The molecule has 6 nitrogen and oxygen atoms in total. The van der Waals surface area contributed by atoms with Gasteiger partial charge in [-0.25, -0.2) is 9.97 Å². The lowest BCUT2D eigenvalue weighted by Crippen LogP contribution is -2.39. The highest BCUT2D eigenvalue weighted by molar-refractivity contribution is 5.81. The zero-order chi connectivity index (χ0) is 18.8. The summed E-state index contributed by atoms with van der Waals surface area (Å²) in [6.45, 7) is 5.80. The molecule has 1 aliphatic carbocycles. The molecule has 0 bridgehead atoms. The average molecular weight is 365 g/mol. The Labute approximate surface area is 160 Å². The van der Waals surface area contributed by atoms with Gasteiger partial charge in [0.2, 0.25) is 11.9 Å². The van der Waals surface area contributed by atoms with Gasteiger partial charge in [-0.2, -0.15) is 0 Å². The Bertz CT molecular complexity index is 795. The van der Waals surface area contributed by atoms with Crippen LogP contribution in [0.2, 0.25) is 0 Å². The van der Waals surface area contributed by atoms with Crippen molar-refractivity contribution in [3.8, 4) is 11.3 Å². The Hall–Kier alpha value is -2.50. The van der Waals surface area contributed by atoms with Crippen molar-refractivity contribution in [2.24, 2.45) is 5.92 Å². The average Bonchev–Trinajstić information content (AvgIpc) is 3.53. The third-order valence-electron chi connectivity index (χ3n) is 5.30. The van der Waals surface area contributed by atoms with Crippen LogP contribution in [0.4, 0.5) is 5.95 Å². The number of carbonyl (C=O) groups excluding carboxylic acids is 1. The van der Waals surface area contributed by atoms with Crippen LogP contribution in [0.5, 0.6) is 0 Å². The Morgan fingerprint density at radius 2 is 1.93 bits per heavy atom. The summed E-state index contributed by atoms with van der Waals surface area (Å²) in [4.78, 5) is 28.3. The Morgan fingerprint density at radius 1 is 1.15 bits per heavy atom. The van der Waals surface area contributed by atoms with Crippen molar-refractivity contribution in [2.45, 2.75) is 51.5 Å². The number of pyridine rings is 1. The fourth-order valence-corrected chi connectivity index (χ4v) is 3.72. The molecule has 4 rings (SSSR count). The minimum absolute atomic E-state index is 0.275. The second-order valence-electron chi connectivity index (χ2n) is 7.88. The summed E-state index contributed by atoms with van der Waals surface area (Å²) in [7, 11) is 0. The quantitative estimate of drug-likeness (QED) is 0.878. The van der Waals surface area contributed by atoms with Crippen molar-refractivity contribution < 1.29 is 4.79 Å². The van der Waals surface area contributed by atoms with E-state index in [2.05, 4.69) is 29.1 Å². The van der Waals surface area contributed by atoms with E-state index in [0.29, 0.717) is 23.7 Å².